The molecule has 20 heavy (non-hydrogen) atoms. The summed E-state index contributed by atoms with van der Waals surface area (Å²) in [5.41, 5.74) is 0.0703. The summed E-state index contributed by atoms with van der Waals surface area (Å²) in [5, 5.41) is 13.3. The number of rotatable bonds is 3. The number of fused-ring (bicyclic) bond motifs is 3. The predicted octanol–water partition coefficient (Wildman–Crippen LogP) is 3.26. The summed E-state index contributed by atoms with van der Waals surface area (Å²) in [5.74, 6) is 0.549. The lowest BCUT2D eigenvalue weighted by Gasteiger charge is -2.56. The topological polar surface area (TPSA) is 49.3 Å². The van der Waals surface area contributed by atoms with Gasteiger partial charge in [-0.15, -0.1) is 0 Å². The Kier molecular flexibility index (Phi) is 3.96. The molecule has 116 valence electrons. The Morgan fingerprint density at radius 2 is 1.50 bits per heavy atom. The molecule has 1 atom stereocenters. The minimum Gasteiger partial charge on any atom is -0.383 e. The number of aliphatic hydroxyl groups excluding tert-OH is 1. The Morgan fingerprint density at radius 1 is 1.05 bits per heavy atom. The van der Waals surface area contributed by atoms with Crippen molar-refractivity contribution in [3.63, 3.8) is 0 Å². The molecule has 0 aromatic carbocycles. The predicted molar refractivity (Wildman–Crippen MR) is 81.3 cm³/mol. The van der Waals surface area contributed by atoms with Crippen molar-refractivity contribution in [2.24, 2.45) is 16.7 Å². The standard InChI is InChI=1S/C17H31NO2/c1-12(2)16-6-9-17(10-7-16,11-8-16)18-14(20)13(19)15(3,4)5/h12-13,19H,6-11H2,1-5H3,(H,18,20)/t13-,16?,17?/m0/s1. The lowest BCUT2D eigenvalue weighted by atomic mass is 9.53. The van der Waals surface area contributed by atoms with E-state index in [9.17, 15) is 9.90 Å². The van der Waals surface area contributed by atoms with Crippen molar-refractivity contribution in [3.05, 3.63) is 0 Å². The molecule has 0 unspecified atom stereocenters. The van der Waals surface area contributed by atoms with Crippen molar-refractivity contribution in [3.8, 4) is 0 Å². The zero-order valence-electron chi connectivity index (χ0n) is 13.8. The largest absolute Gasteiger partial charge is 0.383 e. The molecule has 3 aliphatic carbocycles. The average molecular weight is 281 g/mol. The number of amides is 1. The number of nitrogens with one attached hydrogen (secondary N) is 1. The molecule has 3 fully saturated rings. The zero-order valence-corrected chi connectivity index (χ0v) is 13.8. The SMILES string of the molecule is CC(C)C12CCC(NC(=O)[C@H](O)C(C)(C)C)(CC1)CC2. The number of aliphatic hydroxyl groups is 1. The lowest BCUT2D eigenvalue weighted by molar-refractivity contribution is -0.139. The van der Waals surface area contributed by atoms with Crippen LogP contribution in [-0.4, -0.2) is 22.7 Å². The minimum atomic E-state index is -0.921. The van der Waals surface area contributed by atoms with E-state index in [1.165, 1.54) is 19.3 Å². The summed E-state index contributed by atoms with van der Waals surface area (Å²) in [6, 6.07) is 0. The molecule has 0 aromatic rings. The van der Waals surface area contributed by atoms with Gasteiger partial charge < -0.3 is 10.4 Å². The first-order valence-electron chi connectivity index (χ1n) is 8.10. The molecule has 2 N–H and O–H groups in total. The fourth-order valence-corrected chi connectivity index (χ4v) is 3.99. The first kappa shape index (κ1) is 15.8. The number of carbonyl (C=O) groups excluding carboxylic acids is 1. The molecular weight excluding hydrogens is 250 g/mol. The molecule has 2 bridgehead atoms. The van der Waals surface area contributed by atoms with Crippen LogP contribution in [0.3, 0.4) is 0 Å². The van der Waals surface area contributed by atoms with Crippen molar-refractivity contribution >= 4 is 5.91 Å². The van der Waals surface area contributed by atoms with Gasteiger partial charge in [0, 0.05) is 5.54 Å². The Balaban J connectivity index is 2.01. The molecule has 0 radical (unpaired) electrons. The maximum absolute atomic E-state index is 12.3. The van der Waals surface area contributed by atoms with Crippen molar-refractivity contribution in [2.75, 3.05) is 0 Å². The molecule has 0 aromatic heterocycles. The summed E-state index contributed by atoms with van der Waals surface area (Å²) in [4.78, 5) is 12.3. The van der Waals surface area contributed by atoms with Gasteiger partial charge in [-0.25, -0.2) is 0 Å². The third-order valence-electron chi connectivity index (χ3n) is 5.99. The van der Waals surface area contributed by atoms with Crippen LogP contribution in [0.15, 0.2) is 0 Å². The summed E-state index contributed by atoms with van der Waals surface area (Å²) in [7, 11) is 0. The van der Waals surface area contributed by atoms with E-state index in [-0.39, 0.29) is 11.4 Å². The van der Waals surface area contributed by atoms with Gasteiger partial charge in [0.1, 0.15) is 6.10 Å². The summed E-state index contributed by atoms with van der Waals surface area (Å²) < 4.78 is 0. The van der Waals surface area contributed by atoms with Gasteiger partial charge in [0.2, 0.25) is 5.91 Å². The molecule has 3 rings (SSSR count). The van der Waals surface area contributed by atoms with Crippen LogP contribution in [0, 0.1) is 16.7 Å². The number of hydrogen-bond donors (Lipinski definition) is 2. The average Bonchev–Trinajstić information content (AvgIpc) is 2.38. The van der Waals surface area contributed by atoms with Crippen molar-refractivity contribution in [1.82, 2.24) is 5.32 Å². The van der Waals surface area contributed by atoms with Crippen LogP contribution in [0.25, 0.3) is 0 Å². The smallest absolute Gasteiger partial charge is 0.249 e. The molecule has 3 heteroatoms. The van der Waals surface area contributed by atoms with Crippen LogP contribution < -0.4 is 5.32 Å². The minimum absolute atomic E-state index is 0.0417. The van der Waals surface area contributed by atoms with E-state index in [0.717, 1.165) is 25.2 Å². The van der Waals surface area contributed by atoms with Gasteiger partial charge in [-0.05, 0) is 55.3 Å². The summed E-state index contributed by atoms with van der Waals surface area (Å²) >= 11 is 0. The van der Waals surface area contributed by atoms with Gasteiger partial charge in [0.25, 0.3) is 0 Å². The van der Waals surface area contributed by atoms with Gasteiger partial charge in [-0.1, -0.05) is 34.6 Å². The third kappa shape index (κ3) is 2.74. The van der Waals surface area contributed by atoms with Gasteiger partial charge in [-0.2, -0.15) is 0 Å². The molecule has 1 amide bonds. The number of carbonyl (C=O) groups is 1. The van der Waals surface area contributed by atoms with Crippen LogP contribution in [0.2, 0.25) is 0 Å². The fourth-order valence-electron chi connectivity index (χ4n) is 3.99. The fraction of sp³-hybridized carbons (Fsp3) is 0.941. The van der Waals surface area contributed by atoms with E-state index in [0.29, 0.717) is 5.41 Å². The molecule has 0 aliphatic heterocycles. The van der Waals surface area contributed by atoms with E-state index >= 15 is 0 Å². The Bertz CT molecular complexity index is 356. The summed E-state index contributed by atoms with van der Waals surface area (Å²) in [6.07, 6.45) is 5.97. The van der Waals surface area contributed by atoms with Crippen LogP contribution in [0.5, 0.6) is 0 Å². The Labute approximate surface area is 123 Å². The zero-order chi connectivity index (χ0) is 15.2. The molecular formula is C17H31NO2. The molecule has 0 heterocycles. The van der Waals surface area contributed by atoms with Crippen molar-refractivity contribution in [2.45, 2.75) is 84.8 Å². The van der Waals surface area contributed by atoms with Gasteiger partial charge in [0.15, 0.2) is 0 Å². The Morgan fingerprint density at radius 3 is 1.85 bits per heavy atom. The van der Waals surface area contributed by atoms with Crippen LogP contribution in [0.4, 0.5) is 0 Å². The second-order valence-electron chi connectivity index (χ2n) is 8.56. The second kappa shape index (κ2) is 5.01. The van der Waals surface area contributed by atoms with E-state index < -0.39 is 11.5 Å². The molecule has 3 aliphatic rings. The van der Waals surface area contributed by atoms with Gasteiger partial charge in [-0.3, -0.25) is 4.79 Å². The van der Waals surface area contributed by atoms with E-state index in [4.69, 9.17) is 0 Å². The highest BCUT2D eigenvalue weighted by Crippen LogP contribution is 2.55. The highest BCUT2D eigenvalue weighted by Gasteiger charge is 2.50. The van der Waals surface area contributed by atoms with E-state index in [1.54, 1.807) is 0 Å². The van der Waals surface area contributed by atoms with Crippen LogP contribution in [0.1, 0.15) is 73.1 Å². The number of hydrogen-bond acceptors (Lipinski definition) is 2. The second-order valence-corrected chi connectivity index (χ2v) is 8.56. The highest BCUT2D eigenvalue weighted by molar-refractivity contribution is 5.82. The third-order valence-corrected chi connectivity index (χ3v) is 5.99. The van der Waals surface area contributed by atoms with Gasteiger partial charge >= 0.3 is 0 Å². The molecule has 3 nitrogen and oxygen atoms in total. The molecule has 3 saturated carbocycles. The van der Waals surface area contributed by atoms with Crippen molar-refractivity contribution < 1.29 is 9.90 Å². The highest BCUT2D eigenvalue weighted by atomic mass is 16.3. The normalized spacial score (nSPS) is 35.1. The van der Waals surface area contributed by atoms with Crippen LogP contribution >= 0.6 is 0 Å². The van der Waals surface area contributed by atoms with Crippen molar-refractivity contribution in [1.29, 1.82) is 0 Å². The monoisotopic (exact) mass is 281 g/mol. The molecule has 0 spiro atoms. The first-order chi connectivity index (χ1) is 9.10. The van der Waals surface area contributed by atoms with Gasteiger partial charge in [0.05, 0.1) is 0 Å². The quantitative estimate of drug-likeness (QED) is 0.834. The van der Waals surface area contributed by atoms with E-state index in [1.807, 2.05) is 20.8 Å². The van der Waals surface area contributed by atoms with E-state index in [2.05, 4.69) is 19.2 Å². The lowest BCUT2D eigenvalue weighted by Crippen LogP contribution is -2.60. The Hall–Kier alpha value is -0.570. The van der Waals surface area contributed by atoms with Crippen LogP contribution in [-0.2, 0) is 4.79 Å². The maximum atomic E-state index is 12.3. The first-order valence-corrected chi connectivity index (χ1v) is 8.10. The maximum Gasteiger partial charge on any atom is 0.249 e. The summed E-state index contributed by atoms with van der Waals surface area (Å²) in [6.45, 7) is 10.4. The molecule has 0 saturated heterocycles.